The number of ether oxygens (including phenoxy) is 10. The fourth-order valence-electron chi connectivity index (χ4n) is 4.39. The van der Waals surface area contributed by atoms with E-state index in [9.17, 15) is 4.79 Å². The first-order chi connectivity index (χ1) is 15.8. The summed E-state index contributed by atoms with van der Waals surface area (Å²) in [7, 11) is 0. The minimum absolute atomic E-state index is 0.0478. The monoisotopic (exact) mass is 442 g/mol. The van der Waals surface area contributed by atoms with Crippen molar-refractivity contribution in [3.8, 4) is 68.8 Å². The molecule has 6 aliphatic rings. The molecule has 7 heterocycles. The van der Waals surface area contributed by atoms with Gasteiger partial charge in [0.25, 0.3) is 0 Å². The third-order valence-corrected chi connectivity index (χ3v) is 5.66. The van der Waals surface area contributed by atoms with Gasteiger partial charge in [-0.3, -0.25) is 4.79 Å². The number of fused-ring (bicyclic) bond motifs is 7. The topological polar surface area (TPSA) is 123 Å². The summed E-state index contributed by atoms with van der Waals surface area (Å²) in [5.74, 6) is 1.91. The Bertz CT molecular complexity index is 1440. The van der Waals surface area contributed by atoms with Gasteiger partial charge in [0.1, 0.15) is 10.9 Å². The Kier molecular flexibility index (Phi) is 2.79. The van der Waals surface area contributed by atoms with Gasteiger partial charge >= 0.3 is 0 Å². The van der Waals surface area contributed by atoms with Gasteiger partial charge in [0.15, 0.2) is 28.6 Å². The molecule has 9 rings (SSSR count). The van der Waals surface area contributed by atoms with Gasteiger partial charge in [0.05, 0.1) is 0 Å². The molecule has 1 aromatic heterocycles. The van der Waals surface area contributed by atoms with Crippen molar-refractivity contribution in [2.75, 3.05) is 34.0 Å². The van der Waals surface area contributed by atoms with Crippen LogP contribution in [0, 0.1) is 0 Å². The zero-order valence-corrected chi connectivity index (χ0v) is 15.9. The number of hydrogen-bond donors (Lipinski definition) is 0. The maximum atomic E-state index is 13.6. The summed E-state index contributed by atoms with van der Waals surface area (Å²) in [5, 5.41) is 0.112. The number of rotatable bonds is 0. The molecule has 0 atom stereocenters. The molecule has 0 saturated carbocycles. The Morgan fingerprint density at radius 1 is 0.438 bits per heavy atom. The number of hydrogen-bond acceptors (Lipinski definition) is 12. The molecule has 10 bridgehead atoms. The maximum absolute atomic E-state index is 13.6. The van der Waals surface area contributed by atoms with E-state index in [1.54, 1.807) is 0 Å². The first-order valence-corrected chi connectivity index (χ1v) is 9.54. The van der Waals surface area contributed by atoms with E-state index >= 15 is 0 Å². The van der Waals surface area contributed by atoms with Crippen molar-refractivity contribution in [2.24, 2.45) is 0 Å². The molecule has 0 saturated heterocycles. The summed E-state index contributed by atoms with van der Waals surface area (Å²) < 4.78 is 63.3. The summed E-state index contributed by atoms with van der Waals surface area (Å²) in [6.07, 6.45) is 0. The van der Waals surface area contributed by atoms with Crippen LogP contribution >= 0.6 is 0 Å². The summed E-state index contributed by atoms with van der Waals surface area (Å²) in [4.78, 5) is 13.6. The molecule has 162 valence electrons. The molecule has 0 radical (unpaired) electrons. The van der Waals surface area contributed by atoms with Gasteiger partial charge in [-0.25, -0.2) is 0 Å². The van der Waals surface area contributed by atoms with Crippen LogP contribution in [0.15, 0.2) is 9.21 Å². The first-order valence-electron chi connectivity index (χ1n) is 9.54. The van der Waals surface area contributed by atoms with E-state index in [1.165, 1.54) is 0 Å². The highest BCUT2D eigenvalue weighted by Gasteiger charge is 2.42. The molecule has 2 aromatic carbocycles. The zero-order valence-electron chi connectivity index (χ0n) is 15.9. The van der Waals surface area contributed by atoms with E-state index in [0.29, 0.717) is 11.3 Å². The van der Waals surface area contributed by atoms with Crippen molar-refractivity contribution in [3.05, 3.63) is 10.2 Å². The van der Waals surface area contributed by atoms with Crippen molar-refractivity contribution in [1.82, 2.24) is 0 Å². The lowest BCUT2D eigenvalue weighted by Gasteiger charge is -2.25. The molecular weight excluding hydrogens is 432 g/mol. The van der Waals surface area contributed by atoms with E-state index in [0.717, 1.165) is 0 Å². The van der Waals surface area contributed by atoms with Gasteiger partial charge in [0, 0.05) is 0 Å². The van der Waals surface area contributed by atoms with E-state index in [-0.39, 0.29) is 102 Å². The highest BCUT2D eigenvalue weighted by molar-refractivity contribution is 5.98. The third-order valence-electron chi connectivity index (χ3n) is 5.66. The SMILES string of the molecule is O=c1c2c3oc4c(c(c5c(c14)OCO5)OCOc1c4c(c5c-3c1OCO5)OCO4)OCO2. The Balaban J connectivity index is 1.59. The van der Waals surface area contributed by atoms with Gasteiger partial charge in [-0.05, 0) is 0 Å². The minimum Gasteiger partial charge on any atom is -0.452 e. The van der Waals surface area contributed by atoms with Crippen LogP contribution in [-0.2, 0) is 0 Å². The van der Waals surface area contributed by atoms with Crippen LogP contribution in [0.25, 0.3) is 22.3 Å². The number of benzene rings is 2. The molecule has 0 unspecified atom stereocenters. The molecular formula is C20H10O12. The van der Waals surface area contributed by atoms with E-state index in [1.807, 2.05) is 0 Å². The second kappa shape index (κ2) is 5.46. The molecule has 12 heteroatoms. The third kappa shape index (κ3) is 1.78. The molecule has 12 nitrogen and oxygen atoms in total. The smallest absolute Gasteiger partial charge is 0.239 e. The fraction of sp³-hybridized carbons (Fsp3) is 0.250. The summed E-state index contributed by atoms with van der Waals surface area (Å²) >= 11 is 0. The lowest BCUT2D eigenvalue weighted by Crippen LogP contribution is -2.19. The quantitative estimate of drug-likeness (QED) is 0.507. The lowest BCUT2D eigenvalue weighted by atomic mass is 10.0. The standard InChI is InChI=1S/C20H10O12/c21-8-6-9-15(26-2-22-9)20-18-12(6)32-13(14(8)25-3-29-18)7-10-16-19(30-4-27-16)17(28-5-31-20)11(7)24-1-23-10/h1-5H2. The normalized spacial score (nSPS) is 17.5. The first kappa shape index (κ1) is 16.4. The Labute approximate surface area is 176 Å². The largest absolute Gasteiger partial charge is 0.452 e. The van der Waals surface area contributed by atoms with Gasteiger partial charge in [0.2, 0.25) is 79.6 Å². The van der Waals surface area contributed by atoms with Crippen molar-refractivity contribution in [3.63, 3.8) is 0 Å². The van der Waals surface area contributed by atoms with E-state index in [4.69, 9.17) is 51.8 Å². The van der Waals surface area contributed by atoms with Crippen LogP contribution in [0.5, 0.6) is 57.5 Å². The predicted octanol–water partition coefficient (Wildman–Crippen LogP) is 2.10. The zero-order chi connectivity index (χ0) is 21.0. The second-order valence-electron chi connectivity index (χ2n) is 7.16. The average molecular weight is 442 g/mol. The molecule has 6 aliphatic heterocycles. The Morgan fingerprint density at radius 2 is 0.844 bits per heavy atom. The van der Waals surface area contributed by atoms with Crippen molar-refractivity contribution < 1.29 is 51.8 Å². The van der Waals surface area contributed by atoms with Gasteiger partial charge in [-0.2, -0.15) is 0 Å². The van der Waals surface area contributed by atoms with Crippen LogP contribution in [0.1, 0.15) is 0 Å². The predicted molar refractivity (Wildman–Crippen MR) is 98.5 cm³/mol. The van der Waals surface area contributed by atoms with Crippen molar-refractivity contribution in [2.45, 2.75) is 0 Å². The molecule has 0 aliphatic carbocycles. The van der Waals surface area contributed by atoms with E-state index in [2.05, 4.69) is 0 Å². The van der Waals surface area contributed by atoms with Gasteiger partial charge < -0.3 is 51.8 Å². The maximum Gasteiger partial charge on any atom is 0.239 e. The van der Waals surface area contributed by atoms with E-state index < -0.39 is 5.43 Å². The molecule has 0 N–H and O–H groups in total. The highest BCUT2D eigenvalue weighted by atomic mass is 16.7. The highest BCUT2D eigenvalue weighted by Crippen LogP contribution is 2.63. The lowest BCUT2D eigenvalue weighted by molar-refractivity contribution is 0.0767. The Hall–Kier alpha value is -4.35. The molecule has 0 spiro atoms. The summed E-state index contributed by atoms with van der Waals surface area (Å²) in [6.45, 7) is -0.814. The minimum atomic E-state index is -0.476. The van der Waals surface area contributed by atoms with Gasteiger partial charge in [-0.1, -0.05) is 0 Å². The van der Waals surface area contributed by atoms with Crippen LogP contribution in [0.3, 0.4) is 0 Å². The summed E-state index contributed by atoms with van der Waals surface area (Å²) in [5.41, 5.74) is -0.0793. The second-order valence-corrected chi connectivity index (χ2v) is 7.16. The van der Waals surface area contributed by atoms with Crippen LogP contribution < -0.4 is 52.8 Å². The van der Waals surface area contributed by atoms with Crippen molar-refractivity contribution >= 4 is 11.0 Å². The average Bonchev–Trinajstić information content (AvgIpc) is 3.45. The van der Waals surface area contributed by atoms with Crippen LogP contribution in [0.2, 0.25) is 0 Å². The van der Waals surface area contributed by atoms with Crippen molar-refractivity contribution in [1.29, 1.82) is 0 Å². The summed E-state index contributed by atoms with van der Waals surface area (Å²) in [6, 6.07) is 0. The molecule has 0 amide bonds. The van der Waals surface area contributed by atoms with Gasteiger partial charge in [-0.15, -0.1) is 0 Å². The fourth-order valence-corrected chi connectivity index (χ4v) is 4.39. The molecule has 32 heavy (non-hydrogen) atoms. The van der Waals surface area contributed by atoms with Crippen LogP contribution in [0.4, 0.5) is 0 Å². The molecule has 0 fully saturated rings. The molecule has 3 aromatic rings. The Morgan fingerprint density at radius 3 is 1.47 bits per heavy atom. The van der Waals surface area contributed by atoms with Crippen LogP contribution in [-0.4, -0.2) is 34.0 Å².